The Hall–Kier alpha value is -2.91. The van der Waals surface area contributed by atoms with E-state index in [0.717, 1.165) is 5.69 Å². The molecule has 0 bridgehead atoms. The van der Waals surface area contributed by atoms with Crippen LogP contribution < -0.4 is 15.4 Å². The summed E-state index contributed by atoms with van der Waals surface area (Å²) in [6.07, 6.45) is 0. The van der Waals surface area contributed by atoms with Crippen LogP contribution in [0.25, 0.3) is 0 Å². The molecule has 1 aromatic heterocycles. The number of hydrogen-bond donors (Lipinski definition) is 2. The number of carbonyl (C=O) groups is 2. The first-order chi connectivity index (χ1) is 14.0. The van der Waals surface area contributed by atoms with Gasteiger partial charge in [-0.2, -0.15) is 0 Å². The fourth-order valence-electron chi connectivity index (χ4n) is 2.41. The summed E-state index contributed by atoms with van der Waals surface area (Å²) in [7, 11) is 1.61. The molecule has 0 saturated carbocycles. The second kappa shape index (κ2) is 9.53. The predicted molar refractivity (Wildman–Crippen MR) is 117 cm³/mol. The van der Waals surface area contributed by atoms with Gasteiger partial charge in [0.05, 0.1) is 18.0 Å². The van der Waals surface area contributed by atoms with Gasteiger partial charge in [0.15, 0.2) is 10.1 Å². The van der Waals surface area contributed by atoms with Crippen molar-refractivity contribution in [2.75, 3.05) is 17.7 Å². The van der Waals surface area contributed by atoms with E-state index >= 15 is 0 Å². The lowest BCUT2D eigenvalue weighted by Gasteiger charge is -2.10. The number of nitrogens with zero attached hydrogens (tertiary/aromatic N) is 2. The molecule has 2 N–H and O–H groups in total. The highest BCUT2D eigenvalue weighted by Crippen LogP contribution is 2.33. The number of rotatable bonds is 8. The fraction of sp³-hybridized carbons (Fsp3) is 0.200. The summed E-state index contributed by atoms with van der Waals surface area (Å²) in [5, 5.41) is 14.5. The molecule has 0 saturated heterocycles. The van der Waals surface area contributed by atoms with Crippen LogP contribution in [0.4, 0.5) is 16.5 Å². The third kappa shape index (κ3) is 5.55. The Balaban J connectivity index is 1.58. The summed E-state index contributed by atoms with van der Waals surface area (Å²) in [6.45, 7) is 3.31. The summed E-state index contributed by atoms with van der Waals surface area (Å²) < 4.78 is 5.99. The number of aromatic nitrogens is 2. The van der Waals surface area contributed by atoms with Gasteiger partial charge in [-0.15, -0.1) is 10.2 Å². The molecule has 1 atom stereocenters. The Kier molecular flexibility index (Phi) is 6.84. The normalized spacial score (nSPS) is 11.6. The number of nitrogens with one attached hydrogen (secondary N) is 2. The van der Waals surface area contributed by atoms with E-state index in [4.69, 9.17) is 4.74 Å². The molecule has 1 unspecified atom stereocenters. The molecule has 2 aromatic carbocycles. The van der Waals surface area contributed by atoms with Crippen molar-refractivity contribution in [2.24, 2.45) is 0 Å². The second-order valence-electron chi connectivity index (χ2n) is 6.08. The van der Waals surface area contributed by atoms with Crippen molar-refractivity contribution in [3.05, 3.63) is 54.1 Å². The first kappa shape index (κ1) is 20.8. The van der Waals surface area contributed by atoms with E-state index in [-0.39, 0.29) is 16.9 Å². The van der Waals surface area contributed by atoms with Gasteiger partial charge in [0.1, 0.15) is 5.75 Å². The maximum absolute atomic E-state index is 12.4. The van der Waals surface area contributed by atoms with Crippen LogP contribution in [0.1, 0.15) is 24.2 Å². The van der Waals surface area contributed by atoms with Gasteiger partial charge < -0.3 is 15.4 Å². The van der Waals surface area contributed by atoms with Crippen molar-refractivity contribution in [1.29, 1.82) is 0 Å². The molecule has 150 valence electrons. The number of anilines is 3. The Labute approximate surface area is 176 Å². The molecule has 0 aliphatic heterocycles. The van der Waals surface area contributed by atoms with Gasteiger partial charge >= 0.3 is 0 Å². The number of Topliss-reactive ketones (excluding diaryl/α,β-unsaturated/α-hetero) is 1. The number of ether oxygens (including phenoxy) is 1. The van der Waals surface area contributed by atoms with Gasteiger partial charge in [0.25, 0.3) is 0 Å². The molecule has 29 heavy (non-hydrogen) atoms. The van der Waals surface area contributed by atoms with Gasteiger partial charge in [-0.25, -0.2) is 0 Å². The average Bonchev–Trinajstić information content (AvgIpc) is 3.15. The van der Waals surface area contributed by atoms with Crippen LogP contribution in [0.15, 0.2) is 52.9 Å². The number of ketones is 1. The second-order valence-corrected chi connectivity index (χ2v) is 8.65. The molecular formula is C20H20N4O3S2. The first-order valence-electron chi connectivity index (χ1n) is 8.78. The van der Waals surface area contributed by atoms with Crippen molar-refractivity contribution in [1.82, 2.24) is 10.2 Å². The van der Waals surface area contributed by atoms with Gasteiger partial charge in [0.2, 0.25) is 11.0 Å². The minimum atomic E-state index is -0.366. The third-order valence-corrected chi connectivity index (χ3v) is 5.98. The zero-order valence-corrected chi connectivity index (χ0v) is 17.8. The van der Waals surface area contributed by atoms with Gasteiger partial charge in [-0.1, -0.05) is 35.2 Å². The Morgan fingerprint density at radius 2 is 1.83 bits per heavy atom. The van der Waals surface area contributed by atoms with Crippen molar-refractivity contribution >= 4 is 51.3 Å². The van der Waals surface area contributed by atoms with Crippen molar-refractivity contribution in [3.8, 4) is 5.75 Å². The van der Waals surface area contributed by atoms with Crippen LogP contribution in [0.3, 0.4) is 0 Å². The largest absolute Gasteiger partial charge is 0.495 e. The molecule has 0 aliphatic carbocycles. The number of hydrogen-bond acceptors (Lipinski definition) is 8. The van der Waals surface area contributed by atoms with Gasteiger partial charge in [0, 0.05) is 11.3 Å². The minimum absolute atomic E-state index is 0.0133. The van der Waals surface area contributed by atoms with Crippen molar-refractivity contribution < 1.29 is 14.3 Å². The Bertz CT molecular complexity index is 1000. The van der Waals surface area contributed by atoms with E-state index in [2.05, 4.69) is 20.8 Å². The van der Waals surface area contributed by atoms with Gasteiger partial charge in [-0.3, -0.25) is 9.59 Å². The van der Waals surface area contributed by atoms with E-state index in [0.29, 0.717) is 26.5 Å². The number of amides is 1. The summed E-state index contributed by atoms with van der Waals surface area (Å²) in [5.74, 6) is 0.543. The van der Waals surface area contributed by atoms with Crippen LogP contribution in [0, 0.1) is 0 Å². The highest BCUT2D eigenvalue weighted by Gasteiger charge is 2.18. The lowest BCUT2D eigenvalue weighted by molar-refractivity contribution is -0.115. The smallest absolute Gasteiger partial charge is 0.237 e. The molecule has 3 rings (SSSR count). The molecule has 1 heterocycles. The molecule has 0 aliphatic rings. The maximum Gasteiger partial charge on any atom is 0.237 e. The first-order valence-corrected chi connectivity index (χ1v) is 10.5. The fourth-order valence-corrected chi connectivity index (χ4v) is 4.32. The highest BCUT2D eigenvalue weighted by atomic mass is 32.2. The number of carbonyl (C=O) groups excluding carboxylic acids is 2. The van der Waals surface area contributed by atoms with E-state index in [1.54, 1.807) is 38.3 Å². The molecule has 7 nitrogen and oxygen atoms in total. The van der Waals surface area contributed by atoms with Crippen LogP contribution in [-0.2, 0) is 4.79 Å². The zero-order chi connectivity index (χ0) is 20.8. The molecule has 9 heteroatoms. The number of thioether (sulfide) groups is 1. The van der Waals surface area contributed by atoms with Gasteiger partial charge in [-0.05, 0) is 50.2 Å². The number of methoxy groups -OCH3 is 1. The molecular weight excluding hydrogens is 408 g/mol. The van der Waals surface area contributed by atoms with Crippen LogP contribution in [0.5, 0.6) is 5.75 Å². The summed E-state index contributed by atoms with van der Waals surface area (Å²) in [6, 6.07) is 14.3. The molecule has 3 aromatic rings. The lowest BCUT2D eigenvalue weighted by atomic mass is 10.1. The van der Waals surface area contributed by atoms with E-state index < -0.39 is 0 Å². The summed E-state index contributed by atoms with van der Waals surface area (Å²) in [4.78, 5) is 23.8. The summed E-state index contributed by atoms with van der Waals surface area (Å²) >= 11 is 2.69. The quantitative estimate of drug-likeness (QED) is 0.400. The highest BCUT2D eigenvalue weighted by molar-refractivity contribution is 8.02. The summed E-state index contributed by atoms with van der Waals surface area (Å²) in [5.41, 5.74) is 2.04. The van der Waals surface area contributed by atoms with Crippen molar-refractivity contribution in [3.63, 3.8) is 0 Å². The molecule has 0 radical (unpaired) electrons. The van der Waals surface area contributed by atoms with Crippen LogP contribution >= 0.6 is 23.1 Å². The SMILES string of the molecule is COc1ccccc1Nc1nnc(SC(C)C(=O)Nc2ccc(C(C)=O)cc2)s1. The van der Waals surface area contributed by atoms with Crippen LogP contribution in [0.2, 0.25) is 0 Å². The number of para-hydroxylation sites is 2. The zero-order valence-electron chi connectivity index (χ0n) is 16.1. The lowest BCUT2D eigenvalue weighted by Crippen LogP contribution is -2.22. The Morgan fingerprint density at radius 3 is 2.52 bits per heavy atom. The third-order valence-electron chi connectivity index (χ3n) is 3.96. The topological polar surface area (TPSA) is 93.2 Å². The average molecular weight is 429 g/mol. The monoisotopic (exact) mass is 428 g/mol. The van der Waals surface area contributed by atoms with E-state index in [1.165, 1.54) is 30.0 Å². The maximum atomic E-state index is 12.4. The van der Waals surface area contributed by atoms with E-state index in [1.807, 2.05) is 24.3 Å². The van der Waals surface area contributed by atoms with E-state index in [9.17, 15) is 9.59 Å². The van der Waals surface area contributed by atoms with Crippen LogP contribution in [-0.4, -0.2) is 34.2 Å². The predicted octanol–water partition coefficient (Wildman–Crippen LogP) is 4.61. The number of benzene rings is 2. The molecule has 1 amide bonds. The van der Waals surface area contributed by atoms with Crippen molar-refractivity contribution in [2.45, 2.75) is 23.4 Å². The molecule has 0 fully saturated rings. The standard InChI is InChI=1S/C20H20N4O3S2/c1-12(25)14-8-10-15(11-9-14)21-18(26)13(2)28-20-24-23-19(29-20)22-16-6-4-5-7-17(16)27-3/h4-11,13H,1-3H3,(H,21,26)(H,22,23). The Morgan fingerprint density at radius 1 is 1.10 bits per heavy atom. The minimum Gasteiger partial charge on any atom is -0.495 e. The molecule has 0 spiro atoms.